The van der Waals surface area contributed by atoms with Crippen molar-refractivity contribution in [1.82, 2.24) is 4.90 Å². The lowest BCUT2D eigenvalue weighted by Crippen LogP contribution is -2.49. The zero-order valence-corrected chi connectivity index (χ0v) is 11.6. The van der Waals surface area contributed by atoms with E-state index in [-0.39, 0.29) is 11.6 Å². The third-order valence-electron chi connectivity index (χ3n) is 5.28. The van der Waals surface area contributed by atoms with E-state index < -0.39 is 5.97 Å². The molecule has 108 valence electrons. The van der Waals surface area contributed by atoms with E-state index in [9.17, 15) is 4.79 Å². The zero-order valence-electron chi connectivity index (χ0n) is 11.6. The number of likely N-dealkylation sites (tertiary alicyclic amines) is 1. The summed E-state index contributed by atoms with van der Waals surface area (Å²) in [7, 11) is 0. The van der Waals surface area contributed by atoms with Crippen molar-refractivity contribution in [3.05, 3.63) is 0 Å². The van der Waals surface area contributed by atoms with Crippen LogP contribution in [-0.2, 0) is 9.53 Å². The van der Waals surface area contributed by atoms with E-state index in [0.717, 1.165) is 38.8 Å². The Labute approximate surface area is 115 Å². The van der Waals surface area contributed by atoms with Gasteiger partial charge in [0.05, 0.1) is 12.0 Å². The highest BCUT2D eigenvalue weighted by atomic mass is 16.5. The number of ether oxygens (including phenoxy) is 1. The number of hydrogen-bond acceptors (Lipinski definition) is 3. The third-order valence-corrected chi connectivity index (χ3v) is 5.28. The molecule has 3 rings (SSSR count). The highest BCUT2D eigenvalue weighted by Gasteiger charge is 2.43. The van der Waals surface area contributed by atoms with Crippen molar-refractivity contribution >= 4 is 5.97 Å². The summed E-state index contributed by atoms with van der Waals surface area (Å²) in [6.07, 6.45) is 9.74. The highest BCUT2D eigenvalue weighted by Crippen LogP contribution is 2.42. The molecule has 0 bridgehead atoms. The Kier molecular flexibility index (Phi) is 3.81. The maximum atomic E-state index is 11.0. The first-order valence-electron chi connectivity index (χ1n) is 7.80. The fourth-order valence-corrected chi connectivity index (χ4v) is 4.41. The second-order valence-electron chi connectivity index (χ2n) is 6.52. The lowest BCUT2D eigenvalue weighted by Gasteiger charge is -2.43. The second-order valence-corrected chi connectivity index (χ2v) is 6.52. The van der Waals surface area contributed by atoms with Gasteiger partial charge in [0.25, 0.3) is 0 Å². The van der Waals surface area contributed by atoms with Crippen molar-refractivity contribution < 1.29 is 14.6 Å². The van der Waals surface area contributed by atoms with Crippen LogP contribution in [0.5, 0.6) is 0 Å². The van der Waals surface area contributed by atoms with Crippen LogP contribution in [0.4, 0.5) is 0 Å². The topological polar surface area (TPSA) is 49.8 Å². The Balaban J connectivity index is 1.65. The Morgan fingerprint density at radius 2 is 2.05 bits per heavy atom. The number of carboxylic acids is 1. The van der Waals surface area contributed by atoms with Crippen LogP contribution < -0.4 is 0 Å². The quantitative estimate of drug-likeness (QED) is 0.853. The highest BCUT2D eigenvalue weighted by molar-refractivity contribution is 5.67. The zero-order chi connectivity index (χ0) is 13.3. The molecule has 0 amide bonds. The van der Waals surface area contributed by atoms with Crippen LogP contribution in [0.3, 0.4) is 0 Å². The monoisotopic (exact) mass is 267 g/mol. The predicted molar refractivity (Wildman–Crippen MR) is 72.2 cm³/mol. The Hall–Kier alpha value is -0.610. The number of carboxylic acid groups (broad SMARTS) is 1. The molecule has 19 heavy (non-hydrogen) atoms. The molecule has 2 aliphatic heterocycles. The van der Waals surface area contributed by atoms with Crippen LogP contribution in [0.15, 0.2) is 0 Å². The van der Waals surface area contributed by atoms with Crippen LogP contribution in [0.25, 0.3) is 0 Å². The number of rotatable bonds is 3. The lowest BCUT2D eigenvalue weighted by molar-refractivity contribution is -0.139. The minimum absolute atomic E-state index is 0.138. The van der Waals surface area contributed by atoms with Gasteiger partial charge in [0.1, 0.15) is 0 Å². The molecule has 3 fully saturated rings. The number of carbonyl (C=O) groups is 1. The summed E-state index contributed by atoms with van der Waals surface area (Å²) in [4.78, 5) is 13.5. The van der Waals surface area contributed by atoms with Crippen molar-refractivity contribution in [3.8, 4) is 0 Å². The van der Waals surface area contributed by atoms with E-state index in [1.807, 2.05) is 0 Å². The van der Waals surface area contributed by atoms with Crippen molar-refractivity contribution in [2.45, 2.75) is 75.5 Å². The predicted octanol–water partition coefficient (Wildman–Crippen LogP) is 2.42. The smallest absolute Gasteiger partial charge is 0.304 e. The lowest BCUT2D eigenvalue weighted by atomic mass is 9.87. The first-order chi connectivity index (χ1) is 9.19. The SMILES string of the molecule is O=C(O)CC1CCCN1C1CCOC2(CCCC2)C1. The molecule has 0 aromatic carbocycles. The molecular weight excluding hydrogens is 242 g/mol. The molecule has 2 atom stereocenters. The summed E-state index contributed by atoms with van der Waals surface area (Å²) in [5.74, 6) is -0.653. The normalized spacial score (nSPS) is 34.9. The Morgan fingerprint density at radius 3 is 2.79 bits per heavy atom. The molecule has 0 radical (unpaired) electrons. The average molecular weight is 267 g/mol. The van der Waals surface area contributed by atoms with Gasteiger partial charge in [-0.25, -0.2) is 0 Å². The molecule has 0 aromatic heterocycles. The van der Waals surface area contributed by atoms with Gasteiger partial charge in [0, 0.05) is 18.7 Å². The average Bonchev–Trinajstić information content (AvgIpc) is 2.99. The van der Waals surface area contributed by atoms with Gasteiger partial charge in [0.2, 0.25) is 0 Å². The molecular formula is C15H25NO3. The van der Waals surface area contributed by atoms with Gasteiger partial charge < -0.3 is 9.84 Å². The number of hydrogen-bond donors (Lipinski definition) is 1. The van der Waals surface area contributed by atoms with E-state index in [4.69, 9.17) is 9.84 Å². The summed E-state index contributed by atoms with van der Waals surface area (Å²) in [6.45, 7) is 1.94. The molecule has 2 heterocycles. The van der Waals surface area contributed by atoms with E-state index in [1.54, 1.807) is 0 Å². The van der Waals surface area contributed by atoms with Crippen molar-refractivity contribution in [1.29, 1.82) is 0 Å². The number of nitrogens with zero attached hydrogens (tertiary/aromatic N) is 1. The molecule has 1 saturated carbocycles. The molecule has 1 spiro atoms. The van der Waals surface area contributed by atoms with E-state index >= 15 is 0 Å². The summed E-state index contributed by atoms with van der Waals surface area (Å²) >= 11 is 0. The summed E-state index contributed by atoms with van der Waals surface area (Å²) < 4.78 is 6.09. The van der Waals surface area contributed by atoms with Crippen LogP contribution in [0.2, 0.25) is 0 Å². The maximum absolute atomic E-state index is 11.0. The van der Waals surface area contributed by atoms with Gasteiger partial charge in [-0.05, 0) is 45.1 Å². The van der Waals surface area contributed by atoms with Gasteiger partial charge in [-0.2, -0.15) is 0 Å². The van der Waals surface area contributed by atoms with E-state index in [2.05, 4.69) is 4.90 Å². The molecule has 2 saturated heterocycles. The summed E-state index contributed by atoms with van der Waals surface area (Å²) in [6, 6.07) is 0.817. The van der Waals surface area contributed by atoms with Gasteiger partial charge in [-0.1, -0.05) is 12.8 Å². The first kappa shape index (κ1) is 13.4. The summed E-state index contributed by atoms with van der Waals surface area (Å²) in [5.41, 5.74) is 0.138. The molecule has 2 unspecified atom stereocenters. The fraction of sp³-hybridized carbons (Fsp3) is 0.933. The Bertz CT molecular complexity index is 338. The van der Waals surface area contributed by atoms with Crippen LogP contribution in [0.1, 0.15) is 57.8 Å². The van der Waals surface area contributed by atoms with Crippen molar-refractivity contribution in [2.24, 2.45) is 0 Å². The minimum Gasteiger partial charge on any atom is -0.481 e. The maximum Gasteiger partial charge on any atom is 0.304 e. The van der Waals surface area contributed by atoms with Crippen molar-refractivity contribution in [3.63, 3.8) is 0 Å². The standard InChI is InChI=1S/C15H25NO3/c17-14(18)10-12-4-3-8-16(12)13-5-9-19-15(11-13)6-1-2-7-15/h12-13H,1-11H2,(H,17,18). The molecule has 4 heteroatoms. The van der Waals surface area contributed by atoms with Crippen molar-refractivity contribution in [2.75, 3.05) is 13.2 Å². The van der Waals surface area contributed by atoms with Gasteiger partial charge >= 0.3 is 5.97 Å². The molecule has 1 N–H and O–H groups in total. The molecule has 4 nitrogen and oxygen atoms in total. The molecule has 1 aliphatic carbocycles. The van der Waals surface area contributed by atoms with Crippen LogP contribution >= 0.6 is 0 Å². The minimum atomic E-state index is -0.653. The molecule has 3 aliphatic rings. The fourth-order valence-electron chi connectivity index (χ4n) is 4.41. The van der Waals surface area contributed by atoms with Gasteiger partial charge in [0.15, 0.2) is 0 Å². The van der Waals surface area contributed by atoms with Gasteiger partial charge in [-0.3, -0.25) is 9.69 Å². The van der Waals surface area contributed by atoms with Crippen LogP contribution in [0, 0.1) is 0 Å². The second kappa shape index (κ2) is 5.41. The molecule has 0 aromatic rings. The largest absolute Gasteiger partial charge is 0.481 e. The Morgan fingerprint density at radius 1 is 1.26 bits per heavy atom. The van der Waals surface area contributed by atoms with E-state index in [1.165, 1.54) is 25.7 Å². The van der Waals surface area contributed by atoms with Gasteiger partial charge in [-0.15, -0.1) is 0 Å². The van der Waals surface area contributed by atoms with Crippen LogP contribution in [-0.4, -0.2) is 46.8 Å². The first-order valence-corrected chi connectivity index (χ1v) is 7.80. The summed E-state index contributed by atoms with van der Waals surface area (Å²) in [5, 5.41) is 9.04. The third kappa shape index (κ3) is 2.79. The number of aliphatic carboxylic acids is 1. The van der Waals surface area contributed by atoms with E-state index in [0.29, 0.717) is 12.5 Å².